The third kappa shape index (κ3) is 7.23. The molecule has 2 amide bonds. The molecule has 1 aromatic rings. The zero-order valence-corrected chi connectivity index (χ0v) is 22.6. The van der Waals surface area contributed by atoms with Crippen molar-refractivity contribution in [3.05, 3.63) is 39.7 Å². The van der Waals surface area contributed by atoms with Crippen molar-refractivity contribution in [3.63, 3.8) is 0 Å². The highest BCUT2D eigenvalue weighted by Crippen LogP contribution is 2.38. The number of nitro benzene ring substituents is 1. The first-order chi connectivity index (χ1) is 15.4. The molecule has 2 atom stereocenters. The van der Waals surface area contributed by atoms with Gasteiger partial charge in [-0.25, -0.2) is 4.79 Å². The van der Waals surface area contributed by atoms with E-state index in [0.717, 1.165) is 11.0 Å². The van der Waals surface area contributed by atoms with Crippen LogP contribution in [0.2, 0.25) is 18.1 Å². The fraction of sp³-hybridized carbons (Fsp3) is 0.652. The van der Waals surface area contributed by atoms with Gasteiger partial charge in [0.2, 0.25) is 5.82 Å². The summed E-state index contributed by atoms with van der Waals surface area (Å²) in [6, 6.07) is 3.19. The summed E-state index contributed by atoms with van der Waals surface area (Å²) in [5.41, 5.74) is -1.13. The normalized spacial score (nSPS) is 14.0. The van der Waals surface area contributed by atoms with Gasteiger partial charge in [0.05, 0.1) is 16.6 Å². The number of carboxylic acid groups (broad SMARTS) is 1. The van der Waals surface area contributed by atoms with Crippen LogP contribution < -0.4 is 0 Å². The molecule has 0 saturated heterocycles. The average molecular weight is 500 g/mol. The van der Waals surface area contributed by atoms with Crippen LogP contribution in [-0.2, 0) is 4.43 Å². The predicted octanol–water partition coefficient (Wildman–Crippen LogP) is 5.22. The number of carbonyl (C=O) groups is 2. The van der Waals surface area contributed by atoms with Gasteiger partial charge in [-0.2, -0.15) is 4.39 Å². The molecule has 1 N–H and O–H groups in total. The summed E-state index contributed by atoms with van der Waals surface area (Å²) in [7, 11) is -0.830. The molecule has 192 valence electrons. The summed E-state index contributed by atoms with van der Waals surface area (Å²) in [6.45, 7) is 16.0. The zero-order chi connectivity index (χ0) is 26.6. The van der Waals surface area contributed by atoms with E-state index < -0.39 is 42.8 Å². The van der Waals surface area contributed by atoms with Crippen LogP contribution in [0.5, 0.6) is 0 Å². The van der Waals surface area contributed by atoms with Crippen LogP contribution in [0.1, 0.15) is 51.9 Å². The Morgan fingerprint density at radius 3 is 2.21 bits per heavy atom. The van der Waals surface area contributed by atoms with Crippen LogP contribution in [0.3, 0.4) is 0 Å². The molecule has 0 fully saturated rings. The number of nitro groups is 1. The van der Waals surface area contributed by atoms with Crippen LogP contribution >= 0.6 is 0 Å². The van der Waals surface area contributed by atoms with E-state index >= 15 is 0 Å². The Morgan fingerprint density at radius 1 is 1.21 bits per heavy atom. The van der Waals surface area contributed by atoms with Gasteiger partial charge >= 0.3 is 11.8 Å². The number of nitrogens with zero attached hydrogens (tertiary/aromatic N) is 3. The van der Waals surface area contributed by atoms with Crippen molar-refractivity contribution in [2.45, 2.75) is 71.8 Å². The number of hydrogen-bond acceptors (Lipinski definition) is 5. The molecular weight excluding hydrogens is 461 g/mol. The molecule has 0 radical (unpaired) electrons. The van der Waals surface area contributed by atoms with Crippen LogP contribution in [0.25, 0.3) is 0 Å². The van der Waals surface area contributed by atoms with Gasteiger partial charge in [-0.15, -0.1) is 0 Å². The first-order valence-electron chi connectivity index (χ1n) is 11.3. The second-order valence-electron chi connectivity index (χ2n) is 10.5. The highest BCUT2D eigenvalue weighted by Gasteiger charge is 2.41. The first-order valence-corrected chi connectivity index (χ1v) is 14.2. The minimum absolute atomic E-state index is 0.105. The molecule has 0 unspecified atom stereocenters. The minimum Gasteiger partial charge on any atom is -0.465 e. The fourth-order valence-corrected chi connectivity index (χ4v) is 4.59. The topological polar surface area (TPSA) is 113 Å². The first kappa shape index (κ1) is 29.5. The molecule has 0 aliphatic heterocycles. The number of hydrogen-bond donors (Lipinski definition) is 1. The summed E-state index contributed by atoms with van der Waals surface area (Å²) in [4.78, 5) is 37.6. The van der Waals surface area contributed by atoms with E-state index in [4.69, 9.17) is 4.43 Å². The van der Waals surface area contributed by atoms with E-state index in [-0.39, 0.29) is 35.7 Å². The van der Waals surface area contributed by atoms with Gasteiger partial charge in [0.15, 0.2) is 8.32 Å². The maximum Gasteiger partial charge on any atom is 0.407 e. The highest BCUT2D eigenvalue weighted by molar-refractivity contribution is 6.74. The Bertz CT molecular complexity index is 903. The lowest BCUT2D eigenvalue weighted by atomic mass is 10.0. The molecule has 9 nitrogen and oxygen atoms in total. The lowest BCUT2D eigenvalue weighted by molar-refractivity contribution is -0.387. The molecule has 0 saturated carbocycles. The van der Waals surface area contributed by atoms with Gasteiger partial charge in [0.1, 0.15) is 0 Å². The third-order valence-electron chi connectivity index (χ3n) is 6.44. The van der Waals surface area contributed by atoms with Gasteiger partial charge < -0.3 is 19.3 Å². The number of amides is 2. The molecule has 0 bridgehead atoms. The molecule has 0 spiro atoms. The van der Waals surface area contributed by atoms with Crippen LogP contribution in [0.15, 0.2) is 18.2 Å². The quantitative estimate of drug-likeness (QED) is 0.268. The monoisotopic (exact) mass is 499 g/mol. The molecular formula is C23H38FN3O6Si. The standard InChI is InChI=1S/C23H38FN3O6Si/c1-15(2)26(21(28)17-11-10-12-18(20(17)24)27(31)32)13-16(3)19(14-25(7)22(29)30)33-34(8,9)23(4,5)6/h10-12,15-16,19H,13-14H2,1-9H3,(H,29,30)/t16-,19-/m1/s1. The van der Waals surface area contributed by atoms with Gasteiger partial charge in [0, 0.05) is 38.2 Å². The molecule has 0 aliphatic rings. The maximum atomic E-state index is 14.7. The summed E-state index contributed by atoms with van der Waals surface area (Å²) >= 11 is 0. The van der Waals surface area contributed by atoms with Gasteiger partial charge in [0.25, 0.3) is 5.91 Å². The lowest BCUT2D eigenvalue weighted by Crippen LogP contribution is -2.51. The fourth-order valence-electron chi connectivity index (χ4n) is 3.17. The van der Waals surface area contributed by atoms with Crippen LogP contribution in [-0.4, -0.2) is 72.4 Å². The largest absolute Gasteiger partial charge is 0.465 e. The SMILES string of the molecule is CC(C)N(C[C@@H](C)[C@@H](CN(C)C(=O)O)O[Si](C)(C)C(C)(C)C)C(=O)c1cccc([N+](=O)[O-])c1F. The van der Waals surface area contributed by atoms with Crippen molar-refractivity contribution < 1.29 is 28.4 Å². The van der Waals surface area contributed by atoms with E-state index in [2.05, 4.69) is 33.9 Å². The predicted molar refractivity (Wildman–Crippen MR) is 131 cm³/mol. The molecule has 0 aliphatic carbocycles. The van der Waals surface area contributed by atoms with Gasteiger partial charge in [-0.05, 0) is 38.0 Å². The molecule has 1 rings (SSSR count). The van der Waals surface area contributed by atoms with E-state index in [1.165, 1.54) is 24.1 Å². The summed E-state index contributed by atoms with van der Waals surface area (Å²) < 4.78 is 21.3. The van der Waals surface area contributed by atoms with Gasteiger partial charge in [-0.3, -0.25) is 14.9 Å². The van der Waals surface area contributed by atoms with E-state index in [0.29, 0.717) is 0 Å². The van der Waals surface area contributed by atoms with Crippen molar-refractivity contribution in [1.29, 1.82) is 0 Å². The van der Waals surface area contributed by atoms with Crippen molar-refractivity contribution in [2.75, 3.05) is 20.1 Å². The second kappa shape index (κ2) is 11.3. The number of carbonyl (C=O) groups excluding carboxylic acids is 1. The minimum atomic E-state index is -2.29. The second-order valence-corrected chi connectivity index (χ2v) is 15.3. The number of benzene rings is 1. The summed E-state index contributed by atoms with van der Waals surface area (Å²) in [5.74, 6) is -2.14. The average Bonchev–Trinajstić information content (AvgIpc) is 2.69. The number of rotatable bonds is 10. The summed E-state index contributed by atoms with van der Waals surface area (Å²) in [5, 5.41) is 20.4. The third-order valence-corrected chi connectivity index (χ3v) is 10.9. The van der Waals surface area contributed by atoms with Crippen molar-refractivity contribution in [2.24, 2.45) is 5.92 Å². The Kier molecular flexibility index (Phi) is 9.77. The molecule has 1 aromatic carbocycles. The maximum absolute atomic E-state index is 14.7. The van der Waals surface area contributed by atoms with E-state index in [1.54, 1.807) is 13.8 Å². The summed E-state index contributed by atoms with van der Waals surface area (Å²) in [6.07, 6.45) is -1.60. The number of likely N-dealkylation sites (N-methyl/N-ethyl adjacent to an activating group) is 1. The molecule has 0 aromatic heterocycles. The van der Waals surface area contributed by atoms with E-state index in [9.17, 15) is 29.2 Å². The van der Waals surface area contributed by atoms with E-state index in [1.807, 2.05) is 6.92 Å². The zero-order valence-electron chi connectivity index (χ0n) is 21.6. The highest BCUT2D eigenvalue weighted by atomic mass is 28.4. The smallest absolute Gasteiger partial charge is 0.407 e. The number of halogens is 1. The Labute approximate surface area is 202 Å². The Hall–Kier alpha value is -2.53. The van der Waals surface area contributed by atoms with Crippen LogP contribution in [0, 0.1) is 21.8 Å². The molecule has 34 heavy (non-hydrogen) atoms. The van der Waals surface area contributed by atoms with Crippen LogP contribution in [0.4, 0.5) is 14.9 Å². The Balaban J connectivity index is 3.29. The van der Waals surface area contributed by atoms with Crippen molar-refractivity contribution in [1.82, 2.24) is 9.80 Å². The van der Waals surface area contributed by atoms with Crippen molar-refractivity contribution >= 4 is 26.0 Å². The molecule has 11 heteroatoms. The Morgan fingerprint density at radius 2 is 1.76 bits per heavy atom. The molecule has 0 heterocycles. The van der Waals surface area contributed by atoms with Crippen molar-refractivity contribution in [3.8, 4) is 0 Å². The van der Waals surface area contributed by atoms with Gasteiger partial charge in [-0.1, -0.05) is 33.8 Å². The lowest BCUT2D eigenvalue weighted by Gasteiger charge is -2.42.